The number of halogens is 4. The molecule has 0 bridgehead atoms. The summed E-state index contributed by atoms with van der Waals surface area (Å²) in [5, 5.41) is 20.7. The lowest BCUT2D eigenvalue weighted by Crippen LogP contribution is -2.20. The molecule has 0 saturated heterocycles. The third-order valence-corrected chi connectivity index (χ3v) is 5.39. The predicted molar refractivity (Wildman–Crippen MR) is 129 cm³/mol. The predicted octanol–water partition coefficient (Wildman–Crippen LogP) is 5.93. The molecule has 2 aromatic heterocycles. The van der Waals surface area contributed by atoms with Crippen LogP contribution in [0.3, 0.4) is 0 Å². The van der Waals surface area contributed by atoms with Crippen molar-refractivity contribution in [3.63, 3.8) is 0 Å². The molecule has 0 radical (unpaired) electrons. The molecular weight excluding hydrogens is 549 g/mol. The highest BCUT2D eigenvalue weighted by Gasteiger charge is 2.31. The van der Waals surface area contributed by atoms with Crippen molar-refractivity contribution in [3.8, 4) is 28.5 Å². The molecule has 1 N–H and O–H groups in total. The molecule has 4 aromatic rings. The highest BCUT2D eigenvalue weighted by molar-refractivity contribution is 6.28. The Balaban J connectivity index is 1.39. The first kappa shape index (κ1) is 27.7. The van der Waals surface area contributed by atoms with E-state index in [9.17, 15) is 28.4 Å². The lowest BCUT2D eigenvalue weighted by atomic mass is 10.1. The van der Waals surface area contributed by atoms with E-state index in [1.807, 2.05) is 0 Å². The van der Waals surface area contributed by atoms with Gasteiger partial charge >= 0.3 is 17.5 Å². The topological polar surface area (TPSA) is 135 Å². The molecule has 2 unspecified atom stereocenters. The number of aromatic nitrogens is 3. The van der Waals surface area contributed by atoms with Crippen LogP contribution >= 0.6 is 11.6 Å². The second-order valence-corrected chi connectivity index (χ2v) is 8.49. The van der Waals surface area contributed by atoms with Crippen LogP contribution in [0.25, 0.3) is 11.3 Å². The molecule has 4 rings (SSSR count). The molecule has 2 aromatic carbocycles. The fraction of sp³-hybridized carbons (Fsp3) is 0.250. The van der Waals surface area contributed by atoms with Crippen LogP contribution in [0.15, 0.2) is 65.4 Å². The van der Waals surface area contributed by atoms with Crippen molar-refractivity contribution in [3.05, 3.63) is 82.3 Å². The minimum Gasteiger partial charge on any atom is -0.484 e. The quantitative estimate of drug-likeness (QED) is 0.172. The van der Waals surface area contributed by atoms with E-state index in [1.165, 1.54) is 23.0 Å². The molecule has 0 aliphatic rings. The number of rotatable bonds is 11. The van der Waals surface area contributed by atoms with Gasteiger partial charge in [-0.25, -0.2) is 4.98 Å². The van der Waals surface area contributed by atoms with Crippen molar-refractivity contribution >= 4 is 17.4 Å². The highest BCUT2D eigenvalue weighted by atomic mass is 35.5. The number of nitrogens with zero attached hydrogens (tertiary/aromatic N) is 4. The van der Waals surface area contributed by atoms with Crippen LogP contribution in [0.1, 0.15) is 25.5 Å². The van der Waals surface area contributed by atoms with Crippen LogP contribution in [0.5, 0.6) is 17.2 Å². The van der Waals surface area contributed by atoms with E-state index < -0.39 is 29.4 Å². The van der Waals surface area contributed by atoms with Crippen molar-refractivity contribution in [1.29, 1.82) is 0 Å². The van der Waals surface area contributed by atoms with E-state index in [-0.39, 0.29) is 30.0 Å². The average Bonchev–Trinajstić information content (AvgIpc) is 3.49. The van der Waals surface area contributed by atoms with Crippen LogP contribution < -0.4 is 14.2 Å². The van der Waals surface area contributed by atoms with E-state index in [0.717, 1.165) is 18.3 Å². The van der Waals surface area contributed by atoms with Crippen LogP contribution in [0.4, 0.5) is 19.0 Å². The van der Waals surface area contributed by atoms with Gasteiger partial charge in [-0.1, -0.05) is 0 Å². The van der Waals surface area contributed by atoms with Crippen molar-refractivity contribution < 1.29 is 41.8 Å². The second-order valence-electron chi connectivity index (χ2n) is 8.15. The molecular formula is C24H20ClF3N4O7. The number of aliphatic hydroxyl groups excluding tert-OH is 1. The highest BCUT2D eigenvalue weighted by Crippen LogP contribution is 2.29. The third-order valence-electron chi connectivity index (χ3n) is 5.11. The summed E-state index contributed by atoms with van der Waals surface area (Å²) in [5.74, 6) is 0.0946. The third kappa shape index (κ3) is 7.61. The standard InChI is InChI=1S/C24H20ClF3N4O7/c1-14(33)10-22(31-11-20(32(34)35)30-23(31)25)38-17-4-2-15(3-5-17)19-12-37-21(29-19)13-36-16-6-8-18(9-7-16)39-24(26,27)28/h2-9,11-12,14,22,33H,10,13H2,1H3. The second kappa shape index (κ2) is 11.6. The first-order valence-electron chi connectivity index (χ1n) is 11.2. The first-order chi connectivity index (χ1) is 18.5. The first-order valence-corrected chi connectivity index (χ1v) is 11.6. The summed E-state index contributed by atoms with van der Waals surface area (Å²) in [6.07, 6.45) is -3.82. The molecule has 39 heavy (non-hydrogen) atoms. The Bertz CT molecular complexity index is 1410. The van der Waals surface area contributed by atoms with Crippen molar-refractivity contribution in [2.45, 2.75) is 38.6 Å². The average molecular weight is 569 g/mol. The van der Waals surface area contributed by atoms with Gasteiger partial charge in [0.05, 0.1) is 6.10 Å². The molecule has 0 spiro atoms. The molecule has 0 aliphatic carbocycles. The Morgan fingerprint density at radius 2 is 1.74 bits per heavy atom. The van der Waals surface area contributed by atoms with E-state index in [4.69, 9.17) is 25.5 Å². The smallest absolute Gasteiger partial charge is 0.484 e. The zero-order chi connectivity index (χ0) is 28.2. The zero-order valence-electron chi connectivity index (χ0n) is 20.0. The zero-order valence-corrected chi connectivity index (χ0v) is 20.8. The molecule has 0 aliphatic heterocycles. The molecule has 11 nitrogen and oxygen atoms in total. The number of hydrogen-bond donors (Lipinski definition) is 1. The molecule has 2 heterocycles. The van der Waals surface area contributed by atoms with Gasteiger partial charge in [-0.3, -0.25) is 4.57 Å². The fourth-order valence-corrected chi connectivity index (χ4v) is 3.66. The lowest BCUT2D eigenvalue weighted by molar-refractivity contribution is -0.389. The van der Waals surface area contributed by atoms with E-state index in [0.29, 0.717) is 22.8 Å². The van der Waals surface area contributed by atoms with Crippen molar-refractivity contribution in [1.82, 2.24) is 14.5 Å². The molecule has 0 saturated carbocycles. The number of alkyl halides is 3. The van der Waals surface area contributed by atoms with Gasteiger partial charge in [0.1, 0.15) is 35.4 Å². The summed E-state index contributed by atoms with van der Waals surface area (Å²) in [4.78, 5) is 18.4. The van der Waals surface area contributed by atoms with Crippen LogP contribution in [0, 0.1) is 10.1 Å². The monoisotopic (exact) mass is 568 g/mol. The molecule has 2 atom stereocenters. The number of imidazole rings is 1. The van der Waals surface area contributed by atoms with Crippen LogP contribution in [-0.4, -0.2) is 37.0 Å². The number of ether oxygens (including phenoxy) is 3. The van der Waals surface area contributed by atoms with Crippen molar-refractivity contribution in [2.75, 3.05) is 0 Å². The Morgan fingerprint density at radius 1 is 1.10 bits per heavy atom. The number of hydrogen-bond acceptors (Lipinski definition) is 9. The minimum atomic E-state index is -4.78. The number of benzene rings is 2. The molecule has 15 heteroatoms. The summed E-state index contributed by atoms with van der Waals surface area (Å²) in [5.41, 5.74) is 1.16. The summed E-state index contributed by atoms with van der Waals surface area (Å²) in [6, 6.07) is 11.6. The maximum atomic E-state index is 12.3. The molecule has 0 fully saturated rings. The van der Waals surface area contributed by atoms with Gasteiger partial charge in [0.2, 0.25) is 5.89 Å². The molecule has 206 valence electrons. The van der Waals surface area contributed by atoms with Crippen molar-refractivity contribution in [2.24, 2.45) is 0 Å². The number of oxazole rings is 1. The Kier molecular flexibility index (Phi) is 8.26. The van der Waals surface area contributed by atoms with E-state index in [1.54, 1.807) is 31.2 Å². The van der Waals surface area contributed by atoms with Crippen LogP contribution in [-0.2, 0) is 6.61 Å². The Labute approximate surface area is 223 Å². The Morgan fingerprint density at radius 3 is 2.33 bits per heavy atom. The van der Waals surface area contributed by atoms with E-state index in [2.05, 4.69) is 14.7 Å². The van der Waals surface area contributed by atoms with Gasteiger partial charge in [-0.2, -0.15) is 0 Å². The van der Waals surface area contributed by atoms with Gasteiger partial charge in [0.15, 0.2) is 12.8 Å². The van der Waals surface area contributed by atoms with Gasteiger partial charge in [0.25, 0.3) is 0 Å². The fourth-order valence-electron chi connectivity index (χ4n) is 3.41. The number of nitro groups is 1. The summed E-state index contributed by atoms with van der Waals surface area (Å²) in [6.45, 7) is 1.47. The largest absolute Gasteiger partial charge is 0.573 e. The summed E-state index contributed by atoms with van der Waals surface area (Å²) < 4.78 is 58.7. The summed E-state index contributed by atoms with van der Waals surface area (Å²) >= 11 is 6.05. The van der Waals surface area contributed by atoms with Crippen LogP contribution in [0.2, 0.25) is 5.28 Å². The lowest BCUT2D eigenvalue weighted by Gasteiger charge is -2.21. The normalized spacial score (nSPS) is 13.1. The minimum absolute atomic E-state index is 0.0699. The maximum absolute atomic E-state index is 12.3. The Hall–Kier alpha value is -4.30. The van der Waals surface area contributed by atoms with Gasteiger partial charge in [-0.05, 0) is 77.0 Å². The van der Waals surface area contributed by atoms with Gasteiger partial charge in [0, 0.05) is 12.0 Å². The summed E-state index contributed by atoms with van der Waals surface area (Å²) in [7, 11) is 0. The van der Waals surface area contributed by atoms with E-state index >= 15 is 0 Å². The number of aliphatic hydroxyl groups is 1. The molecule has 0 amide bonds. The van der Waals surface area contributed by atoms with Gasteiger partial charge < -0.3 is 33.8 Å². The SMILES string of the molecule is CC(O)CC(Oc1ccc(-c2coc(COc3ccc(OC(F)(F)F)cc3)n2)cc1)n1cc([N+](=O)[O-])nc1Cl. The van der Waals surface area contributed by atoms with Gasteiger partial charge in [-0.15, -0.1) is 13.2 Å². The maximum Gasteiger partial charge on any atom is 0.573 e.